The van der Waals surface area contributed by atoms with Crippen molar-refractivity contribution in [1.29, 1.82) is 0 Å². The second-order valence-corrected chi connectivity index (χ2v) is 11.6. The number of nitrogens with zero attached hydrogens (tertiary/aromatic N) is 3. The molecule has 0 fully saturated rings. The van der Waals surface area contributed by atoms with E-state index in [-0.39, 0.29) is 5.92 Å². The molecule has 0 aliphatic heterocycles. The van der Waals surface area contributed by atoms with E-state index >= 15 is 0 Å². The van der Waals surface area contributed by atoms with Gasteiger partial charge in [-0.25, -0.2) is 15.0 Å². The van der Waals surface area contributed by atoms with E-state index in [2.05, 4.69) is 133 Å². The number of rotatable bonds is 4. The number of benzene rings is 6. The van der Waals surface area contributed by atoms with Gasteiger partial charge in [-0.15, -0.1) is 0 Å². The molecule has 0 saturated carbocycles. The molecule has 1 aliphatic rings. The van der Waals surface area contributed by atoms with Crippen molar-refractivity contribution in [2.75, 3.05) is 0 Å². The lowest BCUT2D eigenvalue weighted by Gasteiger charge is -2.15. The quantitative estimate of drug-likeness (QED) is 0.209. The van der Waals surface area contributed by atoms with Crippen molar-refractivity contribution < 1.29 is 4.42 Å². The van der Waals surface area contributed by atoms with Gasteiger partial charge in [0.1, 0.15) is 17.0 Å². The summed E-state index contributed by atoms with van der Waals surface area (Å²) in [4.78, 5) is 15.2. The monoisotopic (exact) mass is 577 g/mol. The van der Waals surface area contributed by atoms with Crippen LogP contribution >= 0.6 is 0 Å². The van der Waals surface area contributed by atoms with Crippen LogP contribution < -0.4 is 0 Å². The highest BCUT2D eigenvalue weighted by atomic mass is 16.3. The predicted molar refractivity (Wildman–Crippen MR) is 184 cm³/mol. The van der Waals surface area contributed by atoms with Crippen molar-refractivity contribution in [2.45, 2.75) is 12.3 Å². The summed E-state index contributed by atoms with van der Waals surface area (Å²) in [7, 11) is 0. The van der Waals surface area contributed by atoms with Crippen LogP contribution in [0.5, 0.6) is 0 Å². The Hall–Kier alpha value is -5.87. The Labute approximate surface area is 260 Å². The molecular formula is C41H27N3O. The van der Waals surface area contributed by atoms with Crippen molar-refractivity contribution in [3.05, 3.63) is 151 Å². The molecule has 45 heavy (non-hydrogen) atoms. The van der Waals surface area contributed by atoms with E-state index in [1.807, 2.05) is 12.1 Å². The highest BCUT2D eigenvalue weighted by Crippen LogP contribution is 2.39. The Morgan fingerprint density at radius 2 is 1.31 bits per heavy atom. The number of fused-ring (bicyclic) bond motifs is 5. The summed E-state index contributed by atoms with van der Waals surface area (Å²) in [5.41, 5.74) is 5.87. The van der Waals surface area contributed by atoms with Gasteiger partial charge < -0.3 is 4.42 Å². The van der Waals surface area contributed by atoms with Crippen LogP contribution in [0.1, 0.15) is 18.2 Å². The molecule has 1 aliphatic carbocycles. The second-order valence-electron chi connectivity index (χ2n) is 11.6. The van der Waals surface area contributed by atoms with E-state index in [9.17, 15) is 0 Å². The second kappa shape index (κ2) is 10.4. The minimum atomic E-state index is 0.0829. The van der Waals surface area contributed by atoms with Crippen molar-refractivity contribution in [2.24, 2.45) is 0 Å². The van der Waals surface area contributed by atoms with Crippen LogP contribution in [0.25, 0.3) is 77.4 Å². The minimum Gasteiger partial charge on any atom is -0.456 e. The van der Waals surface area contributed by atoms with E-state index in [1.54, 1.807) is 0 Å². The fourth-order valence-electron chi connectivity index (χ4n) is 6.56. The molecule has 0 bridgehead atoms. The summed E-state index contributed by atoms with van der Waals surface area (Å²) >= 11 is 0. The largest absolute Gasteiger partial charge is 0.456 e. The molecule has 2 aromatic heterocycles. The lowest BCUT2D eigenvalue weighted by atomic mass is 9.97. The first-order valence-electron chi connectivity index (χ1n) is 15.3. The summed E-state index contributed by atoms with van der Waals surface area (Å²) in [5.74, 6) is 2.18. The van der Waals surface area contributed by atoms with Crippen LogP contribution in [0.2, 0.25) is 0 Å². The van der Waals surface area contributed by atoms with Crippen molar-refractivity contribution >= 4 is 43.5 Å². The summed E-state index contributed by atoms with van der Waals surface area (Å²) in [6, 6.07) is 42.4. The van der Waals surface area contributed by atoms with Crippen LogP contribution in [0.4, 0.5) is 0 Å². The van der Waals surface area contributed by atoms with Crippen LogP contribution in [0.3, 0.4) is 0 Å². The Bertz CT molecular complexity index is 2480. The number of aromatic nitrogens is 3. The average molecular weight is 578 g/mol. The lowest BCUT2D eigenvalue weighted by Crippen LogP contribution is -2.08. The number of furan rings is 1. The van der Waals surface area contributed by atoms with Crippen LogP contribution in [0, 0.1) is 0 Å². The third-order valence-electron chi connectivity index (χ3n) is 8.81. The minimum absolute atomic E-state index is 0.0829. The van der Waals surface area contributed by atoms with Gasteiger partial charge in [-0.1, -0.05) is 121 Å². The van der Waals surface area contributed by atoms with Gasteiger partial charge in [-0.05, 0) is 63.4 Å². The van der Waals surface area contributed by atoms with Gasteiger partial charge in [0.15, 0.2) is 11.6 Å². The molecule has 2 heterocycles. The first-order valence-corrected chi connectivity index (χ1v) is 15.3. The average Bonchev–Trinajstić information content (AvgIpc) is 3.49. The van der Waals surface area contributed by atoms with Gasteiger partial charge in [0.25, 0.3) is 0 Å². The lowest BCUT2D eigenvalue weighted by molar-refractivity contribution is 0.669. The Morgan fingerprint density at radius 1 is 0.533 bits per heavy atom. The van der Waals surface area contributed by atoms with Crippen molar-refractivity contribution in [3.63, 3.8) is 0 Å². The highest BCUT2D eigenvalue weighted by Gasteiger charge is 2.20. The molecule has 6 aromatic carbocycles. The Kier molecular flexibility index (Phi) is 5.91. The maximum atomic E-state index is 6.51. The molecule has 4 heteroatoms. The fraction of sp³-hybridized carbons (Fsp3) is 0.0488. The molecular weight excluding hydrogens is 550 g/mol. The van der Waals surface area contributed by atoms with Crippen LogP contribution in [0.15, 0.2) is 150 Å². The molecule has 1 unspecified atom stereocenters. The molecule has 1 atom stereocenters. The molecule has 0 amide bonds. The van der Waals surface area contributed by atoms with Gasteiger partial charge in [-0.3, -0.25) is 0 Å². The third kappa shape index (κ3) is 4.42. The normalized spacial score (nSPS) is 14.6. The van der Waals surface area contributed by atoms with Gasteiger partial charge in [-0.2, -0.15) is 0 Å². The highest BCUT2D eigenvalue weighted by molar-refractivity contribution is 6.13. The number of hydrogen-bond acceptors (Lipinski definition) is 4. The van der Waals surface area contributed by atoms with Crippen molar-refractivity contribution in [3.8, 4) is 33.9 Å². The first kappa shape index (κ1) is 25.6. The smallest absolute Gasteiger partial charge is 0.164 e. The molecule has 0 N–H and O–H groups in total. The van der Waals surface area contributed by atoms with E-state index in [0.717, 1.165) is 56.3 Å². The maximum Gasteiger partial charge on any atom is 0.164 e. The summed E-state index contributed by atoms with van der Waals surface area (Å²) < 4.78 is 6.51. The zero-order chi connectivity index (χ0) is 29.7. The maximum absolute atomic E-state index is 6.51. The van der Waals surface area contributed by atoms with E-state index in [4.69, 9.17) is 19.4 Å². The number of allylic oxidation sites excluding steroid dienone is 4. The first-order chi connectivity index (χ1) is 22.3. The third-order valence-corrected chi connectivity index (χ3v) is 8.81. The van der Waals surface area contributed by atoms with Crippen molar-refractivity contribution in [1.82, 2.24) is 15.0 Å². The molecule has 9 rings (SSSR count). The van der Waals surface area contributed by atoms with E-state index < -0.39 is 0 Å². The van der Waals surface area contributed by atoms with Crippen LogP contribution in [-0.2, 0) is 0 Å². The van der Waals surface area contributed by atoms with Gasteiger partial charge >= 0.3 is 0 Å². The number of hydrogen-bond donors (Lipinski definition) is 0. The van der Waals surface area contributed by atoms with E-state index in [1.165, 1.54) is 21.7 Å². The standard InChI is InChI=1S/C41H27N3O/c1-2-12-28(13-3-1)39-42-40(31-21-20-26-10-4-5-14-29(26)24-31)44-41(43-39)35-18-9-19-36-38(35)34-23-22-30(25-37(34)45-36)33-17-8-15-27-11-6-7-16-32(27)33/h1-12,14-25,28H,13H2. The molecule has 0 radical (unpaired) electrons. The molecule has 212 valence electrons. The van der Waals surface area contributed by atoms with Crippen LogP contribution in [-0.4, -0.2) is 15.0 Å². The van der Waals surface area contributed by atoms with Gasteiger partial charge in [0.05, 0.1) is 0 Å². The topological polar surface area (TPSA) is 51.8 Å². The SMILES string of the molecule is C1=CCC(c2nc(-c3ccc4ccccc4c3)nc(-c3cccc4oc5cc(-c6cccc7ccccc67)ccc5c34)n2)C=C1. The van der Waals surface area contributed by atoms with Gasteiger partial charge in [0, 0.05) is 27.8 Å². The Morgan fingerprint density at radius 3 is 2.22 bits per heavy atom. The zero-order valence-corrected chi connectivity index (χ0v) is 24.4. The summed E-state index contributed by atoms with van der Waals surface area (Å²) in [6.45, 7) is 0. The molecule has 4 nitrogen and oxygen atoms in total. The predicted octanol–water partition coefficient (Wildman–Crippen LogP) is 10.7. The Balaban J connectivity index is 1.23. The van der Waals surface area contributed by atoms with E-state index in [0.29, 0.717) is 11.6 Å². The summed E-state index contributed by atoms with van der Waals surface area (Å²) in [6.07, 6.45) is 9.35. The zero-order valence-electron chi connectivity index (χ0n) is 24.4. The molecule has 0 saturated heterocycles. The molecule has 8 aromatic rings. The molecule has 0 spiro atoms. The summed E-state index contributed by atoms with van der Waals surface area (Å²) in [5, 5.41) is 6.84. The fourth-order valence-corrected chi connectivity index (χ4v) is 6.56. The van der Waals surface area contributed by atoms with Gasteiger partial charge in [0.2, 0.25) is 0 Å².